The molecule has 0 saturated carbocycles. The lowest BCUT2D eigenvalue weighted by molar-refractivity contribution is -0.146. The molecule has 1 unspecified atom stereocenters. The molecule has 7 nitrogen and oxygen atoms in total. The van der Waals surface area contributed by atoms with Crippen molar-refractivity contribution in [2.75, 3.05) is 19.5 Å². The van der Waals surface area contributed by atoms with E-state index in [1.165, 1.54) is 20.5 Å². The lowest BCUT2D eigenvalue weighted by Gasteiger charge is -2.28. The van der Waals surface area contributed by atoms with Crippen LogP contribution < -0.4 is 10.1 Å². The number of aromatic nitrogens is 2. The Bertz CT molecular complexity index is 477. The summed E-state index contributed by atoms with van der Waals surface area (Å²) in [5.74, 6) is 0.519. The first kappa shape index (κ1) is 12.3. The average molecular weight is 250 g/mol. The molecule has 0 aliphatic carbocycles. The molecule has 96 valence electrons. The number of carbonyl (C=O) groups is 2. The molecule has 2 amide bonds. The summed E-state index contributed by atoms with van der Waals surface area (Å²) in [6, 6.07) is 1.16. The van der Waals surface area contributed by atoms with Crippen molar-refractivity contribution in [1.82, 2.24) is 14.9 Å². The van der Waals surface area contributed by atoms with Crippen LogP contribution in [0.15, 0.2) is 12.4 Å². The van der Waals surface area contributed by atoms with Crippen molar-refractivity contribution in [2.45, 2.75) is 18.9 Å². The molecule has 1 aromatic heterocycles. The molecule has 0 aromatic carbocycles. The number of amides is 2. The molecule has 1 fully saturated rings. The van der Waals surface area contributed by atoms with Gasteiger partial charge in [0.2, 0.25) is 11.8 Å². The molecule has 1 aliphatic rings. The highest BCUT2D eigenvalue weighted by Gasteiger charge is 2.31. The molecule has 2 heterocycles. The molecule has 1 N–H and O–H groups in total. The third-order valence-corrected chi connectivity index (χ3v) is 2.82. The number of nitrogens with one attached hydrogen (secondary N) is 1. The second-order valence-electron chi connectivity index (χ2n) is 3.97. The van der Waals surface area contributed by atoms with Gasteiger partial charge in [0.05, 0.1) is 7.11 Å². The van der Waals surface area contributed by atoms with Gasteiger partial charge in [0.15, 0.2) is 0 Å². The number of imide groups is 1. The van der Waals surface area contributed by atoms with Gasteiger partial charge in [0.25, 0.3) is 5.91 Å². The fourth-order valence-electron chi connectivity index (χ4n) is 1.76. The summed E-state index contributed by atoms with van der Waals surface area (Å²) in [7, 11) is 2.99. The SMILES string of the molecule is COc1cc(NC2CCC(=O)N(C)C2=O)ncn1. The maximum absolute atomic E-state index is 11.9. The summed E-state index contributed by atoms with van der Waals surface area (Å²) in [6.07, 6.45) is 2.17. The van der Waals surface area contributed by atoms with Crippen molar-refractivity contribution in [2.24, 2.45) is 0 Å². The van der Waals surface area contributed by atoms with Crippen molar-refractivity contribution in [3.63, 3.8) is 0 Å². The monoisotopic (exact) mass is 250 g/mol. The molecule has 1 atom stereocenters. The predicted octanol–water partition coefficient (Wildman–Crippen LogP) is 0.0445. The number of methoxy groups -OCH3 is 1. The Kier molecular flexibility index (Phi) is 3.40. The number of ether oxygens (including phenoxy) is 1. The largest absolute Gasteiger partial charge is 0.481 e. The maximum atomic E-state index is 11.9. The Morgan fingerprint density at radius 2 is 2.22 bits per heavy atom. The summed E-state index contributed by atoms with van der Waals surface area (Å²) in [5.41, 5.74) is 0. The Balaban J connectivity index is 2.09. The Labute approximate surface area is 104 Å². The van der Waals surface area contributed by atoms with Crippen LogP contribution in [-0.2, 0) is 9.59 Å². The number of piperidine rings is 1. The zero-order valence-corrected chi connectivity index (χ0v) is 10.2. The van der Waals surface area contributed by atoms with E-state index in [0.29, 0.717) is 24.5 Å². The minimum atomic E-state index is -0.438. The van der Waals surface area contributed by atoms with E-state index in [2.05, 4.69) is 15.3 Å². The Morgan fingerprint density at radius 1 is 1.44 bits per heavy atom. The van der Waals surface area contributed by atoms with Crippen LogP contribution in [0.2, 0.25) is 0 Å². The zero-order chi connectivity index (χ0) is 13.1. The van der Waals surface area contributed by atoms with E-state index in [0.717, 1.165) is 4.90 Å². The van der Waals surface area contributed by atoms with E-state index in [1.54, 1.807) is 6.07 Å². The summed E-state index contributed by atoms with van der Waals surface area (Å²) in [4.78, 5) is 32.2. The highest BCUT2D eigenvalue weighted by Crippen LogP contribution is 2.17. The number of likely N-dealkylation sites (N-methyl/N-ethyl adjacent to an activating group) is 1. The number of carbonyl (C=O) groups excluding carboxylic acids is 2. The third-order valence-electron chi connectivity index (χ3n) is 2.82. The van der Waals surface area contributed by atoms with Gasteiger partial charge < -0.3 is 10.1 Å². The lowest BCUT2D eigenvalue weighted by Crippen LogP contribution is -2.48. The molecule has 18 heavy (non-hydrogen) atoms. The summed E-state index contributed by atoms with van der Waals surface area (Å²) >= 11 is 0. The average Bonchev–Trinajstić information content (AvgIpc) is 2.40. The second kappa shape index (κ2) is 4.99. The van der Waals surface area contributed by atoms with Crippen molar-refractivity contribution >= 4 is 17.6 Å². The summed E-state index contributed by atoms with van der Waals surface area (Å²) in [5, 5.41) is 2.98. The Hall–Kier alpha value is -2.18. The molecule has 0 spiro atoms. The quantitative estimate of drug-likeness (QED) is 0.763. The predicted molar refractivity (Wildman–Crippen MR) is 63.0 cm³/mol. The van der Waals surface area contributed by atoms with Crippen LogP contribution in [0.4, 0.5) is 5.82 Å². The fraction of sp³-hybridized carbons (Fsp3) is 0.455. The van der Waals surface area contributed by atoms with Gasteiger partial charge in [-0.25, -0.2) is 9.97 Å². The van der Waals surface area contributed by atoms with Crippen molar-refractivity contribution in [3.05, 3.63) is 12.4 Å². The van der Waals surface area contributed by atoms with Crippen LogP contribution in [-0.4, -0.2) is 46.9 Å². The van der Waals surface area contributed by atoms with Gasteiger partial charge in [0.1, 0.15) is 18.2 Å². The standard InChI is InChI=1S/C11H14N4O3/c1-15-10(16)4-3-7(11(15)17)14-8-5-9(18-2)13-6-12-8/h5-7H,3-4H2,1-2H3,(H,12,13,14). The highest BCUT2D eigenvalue weighted by molar-refractivity contribution is 6.01. The molecule has 1 saturated heterocycles. The highest BCUT2D eigenvalue weighted by atomic mass is 16.5. The smallest absolute Gasteiger partial charge is 0.251 e. The van der Waals surface area contributed by atoms with E-state index >= 15 is 0 Å². The number of rotatable bonds is 3. The maximum Gasteiger partial charge on any atom is 0.251 e. The Morgan fingerprint density at radius 3 is 2.94 bits per heavy atom. The third kappa shape index (κ3) is 2.39. The van der Waals surface area contributed by atoms with Crippen molar-refractivity contribution in [3.8, 4) is 5.88 Å². The van der Waals surface area contributed by atoms with Gasteiger partial charge in [-0.15, -0.1) is 0 Å². The zero-order valence-electron chi connectivity index (χ0n) is 10.2. The normalized spacial score (nSPS) is 19.9. The van der Waals surface area contributed by atoms with Crippen LogP contribution in [0.1, 0.15) is 12.8 Å². The van der Waals surface area contributed by atoms with E-state index in [-0.39, 0.29) is 11.8 Å². The first-order valence-electron chi connectivity index (χ1n) is 5.55. The molecular weight excluding hydrogens is 236 g/mol. The molecule has 2 rings (SSSR count). The van der Waals surface area contributed by atoms with E-state index in [1.807, 2.05) is 0 Å². The molecule has 0 bridgehead atoms. The van der Waals surface area contributed by atoms with Crippen LogP contribution in [0.5, 0.6) is 5.88 Å². The first-order chi connectivity index (χ1) is 8.61. The molecule has 1 aliphatic heterocycles. The number of likely N-dealkylation sites (tertiary alicyclic amines) is 1. The van der Waals surface area contributed by atoms with Gasteiger partial charge in [-0.2, -0.15) is 0 Å². The molecule has 7 heteroatoms. The van der Waals surface area contributed by atoms with Crippen molar-refractivity contribution < 1.29 is 14.3 Å². The van der Waals surface area contributed by atoms with Crippen LogP contribution in [0, 0.1) is 0 Å². The minimum Gasteiger partial charge on any atom is -0.481 e. The van der Waals surface area contributed by atoms with Gasteiger partial charge >= 0.3 is 0 Å². The topological polar surface area (TPSA) is 84.4 Å². The number of nitrogens with zero attached hydrogens (tertiary/aromatic N) is 3. The summed E-state index contributed by atoms with van der Waals surface area (Å²) in [6.45, 7) is 0. The fourth-order valence-corrected chi connectivity index (χ4v) is 1.76. The first-order valence-corrected chi connectivity index (χ1v) is 5.55. The minimum absolute atomic E-state index is 0.154. The molecular formula is C11H14N4O3. The van der Waals surface area contributed by atoms with Gasteiger partial charge in [-0.05, 0) is 6.42 Å². The number of hydrogen-bond donors (Lipinski definition) is 1. The molecule has 0 radical (unpaired) electrons. The lowest BCUT2D eigenvalue weighted by atomic mass is 10.0. The second-order valence-corrected chi connectivity index (χ2v) is 3.97. The molecule has 1 aromatic rings. The van der Waals surface area contributed by atoms with Crippen LogP contribution >= 0.6 is 0 Å². The van der Waals surface area contributed by atoms with Crippen molar-refractivity contribution in [1.29, 1.82) is 0 Å². The number of hydrogen-bond acceptors (Lipinski definition) is 6. The number of anilines is 1. The van der Waals surface area contributed by atoms with Gasteiger partial charge in [-0.3, -0.25) is 14.5 Å². The van der Waals surface area contributed by atoms with E-state index in [9.17, 15) is 9.59 Å². The summed E-state index contributed by atoms with van der Waals surface area (Å²) < 4.78 is 4.97. The van der Waals surface area contributed by atoms with E-state index in [4.69, 9.17) is 4.74 Å². The van der Waals surface area contributed by atoms with Gasteiger partial charge in [-0.1, -0.05) is 0 Å². The van der Waals surface area contributed by atoms with Gasteiger partial charge in [0, 0.05) is 19.5 Å². The van der Waals surface area contributed by atoms with Crippen LogP contribution in [0.25, 0.3) is 0 Å². The van der Waals surface area contributed by atoms with E-state index < -0.39 is 6.04 Å². The van der Waals surface area contributed by atoms with Crippen LogP contribution in [0.3, 0.4) is 0 Å².